The van der Waals surface area contributed by atoms with Crippen LogP contribution in [-0.4, -0.2) is 12.6 Å². The van der Waals surface area contributed by atoms with Gasteiger partial charge in [-0.1, -0.05) is 18.2 Å². The van der Waals surface area contributed by atoms with Gasteiger partial charge in [0.05, 0.1) is 29.9 Å². The fourth-order valence-corrected chi connectivity index (χ4v) is 2.39. The fraction of sp³-hybridized carbons (Fsp3) is 0.294. The van der Waals surface area contributed by atoms with E-state index in [9.17, 15) is 10.1 Å². The van der Waals surface area contributed by atoms with Gasteiger partial charge < -0.3 is 9.15 Å². The molecule has 0 amide bonds. The van der Waals surface area contributed by atoms with Crippen LogP contribution in [0.4, 0.5) is 0 Å². The second-order valence-electron chi connectivity index (χ2n) is 4.97. The van der Waals surface area contributed by atoms with E-state index in [-0.39, 0.29) is 5.97 Å². The second kappa shape index (κ2) is 6.27. The first-order valence-electron chi connectivity index (χ1n) is 6.81. The van der Waals surface area contributed by atoms with E-state index in [1.165, 1.54) is 0 Å². The highest BCUT2D eigenvalue weighted by Gasteiger charge is 2.39. The maximum atomic E-state index is 12.5. The molecular weight excluding hydrogens is 266 g/mol. The molecule has 0 saturated carbocycles. The van der Waals surface area contributed by atoms with Crippen LogP contribution < -0.4 is 0 Å². The predicted octanol–water partition coefficient (Wildman–Crippen LogP) is 3.21. The van der Waals surface area contributed by atoms with Crippen molar-refractivity contribution in [3.8, 4) is 6.07 Å². The Morgan fingerprint density at radius 1 is 1.33 bits per heavy atom. The highest BCUT2D eigenvalue weighted by Crippen LogP contribution is 2.32. The third-order valence-electron chi connectivity index (χ3n) is 3.48. The lowest BCUT2D eigenvalue weighted by atomic mass is 9.76. The summed E-state index contributed by atoms with van der Waals surface area (Å²) in [5, 5.41) is 9.29. The van der Waals surface area contributed by atoms with Gasteiger partial charge in [0.1, 0.15) is 5.76 Å². The van der Waals surface area contributed by atoms with Gasteiger partial charge in [-0.25, -0.2) is 0 Å². The van der Waals surface area contributed by atoms with Crippen LogP contribution in [0, 0.1) is 11.3 Å². The standard InChI is InChI=1S/C17H17NO3/c1-3-20-16(19)17(2,11-14-8-6-10-21-14)15-9-5-4-7-13(15)12-18/h4-10H,3,11H2,1-2H3. The molecule has 0 aliphatic carbocycles. The zero-order valence-electron chi connectivity index (χ0n) is 12.1. The largest absolute Gasteiger partial charge is 0.469 e. The summed E-state index contributed by atoms with van der Waals surface area (Å²) < 4.78 is 10.6. The van der Waals surface area contributed by atoms with Crippen molar-refractivity contribution in [3.05, 3.63) is 59.5 Å². The van der Waals surface area contributed by atoms with Crippen molar-refractivity contribution >= 4 is 5.97 Å². The van der Waals surface area contributed by atoms with E-state index in [0.717, 1.165) is 0 Å². The lowest BCUT2D eigenvalue weighted by Gasteiger charge is -2.27. The minimum absolute atomic E-state index is 0.293. The van der Waals surface area contributed by atoms with Crippen molar-refractivity contribution in [1.29, 1.82) is 5.26 Å². The third kappa shape index (κ3) is 2.97. The monoisotopic (exact) mass is 283 g/mol. The van der Waals surface area contributed by atoms with Crippen molar-refractivity contribution in [2.75, 3.05) is 6.61 Å². The van der Waals surface area contributed by atoms with E-state index in [2.05, 4.69) is 6.07 Å². The molecule has 1 atom stereocenters. The van der Waals surface area contributed by atoms with E-state index in [4.69, 9.17) is 9.15 Å². The molecule has 4 nitrogen and oxygen atoms in total. The minimum atomic E-state index is -0.958. The molecule has 4 heteroatoms. The third-order valence-corrected chi connectivity index (χ3v) is 3.48. The topological polar surface area (TPSA) is 63.2 Å². The Morgan fingerprint density at radius 3 is 2.71 bits per heavy atom. The van der Waals surface area contributed by atoms with Gasteiger partial charge in [0, 0.05) is 6.42 Å². The Kier molecular flexibility index (Phi) is 4.44. The summed E-state index contributed by atoms with van der Waals surface area (Å²) in [6, 6.07) is 12.8. The molecule has 1 unspecified atom stereocenters. The van der Waals surface area contributed by atoms with Crippen LogP contribution in [0.15, 0.2) is 47.1 Å². The molecule has 0 spiro atoms. The average molecular weight is 283 g/mol. The Labute approximate surface area is 124 Å². The van der Waals surface area contributed by atoms with Crippen LogP contribution in [-0.2, 0) is 21.4 Å². The van der Waals surface area contributed by atoms with E-state index < -0.39 is 5.41 Å². The highest BCUT2D eigenvalue weighted by molar-refractivity contribution is 5.84. The lowest BCUT2D eigenvalue weighted by Crippen LogP contribution is -2.37. The maximum absolute atomic E-state index is 12.5. The zero-order valence-corrected chi connectivity index (χ0v) is 12.1. The van der Waals surface area contributed by atoms with E-state index in [1.807, 2.05) is 12.1 Å². The molecule has 1 aromatic heterocycles. The average Bonchev–Trinajstić information content (AvgIpc) is 3.00. The van der Waals surface area contributed by atoms with E-state index in [1.54, 1.807) is 44.4 Å². The summed E-state index contributed by atoms with van der Waals surface area (Å²) in [7, 11) is 0. The summed E-state index contributed by atoms with van der Waals surface area (Å²) in [5.74, 6) is 0.322. The normalized spacial score (nSPS) is 13.2. The highest BCUT2D eigenvalue weighted by atomic mass is 16.5. The molecule has 2 aromatic rings. The van der Waals surface area contributed by atoms with E-state index in [0.29, 0.717) is 29.9 Å². The molecule has 21 heavy (non-hydrogen) atoms. The molecule has 0 bridgehead atoms. The molecule has 0 N–H and O–H groups in total. The van der Waals surface area contributed by atoms with Gasteiger partial charge in [-0.15, -0.1) is 0 Å². The lowest BCUT2D eigenvalue weighted by molar-refractivity contribution is -0.149. The summed E-state index contributed by atoms with van der Waals surface area (Å²) in [5.41, 5.74) is 0.169. The number of hydrogen-bond donors (Lipinski definition) is 0. The van der Waals surface area contributed by atoms with Crippen LogP contribution in [0.2, 0.25) is 0 Å². The quantitative estimate of drug-likeness (QED) is 0.790. The number of carbonyl (C=O) groups is 1. The van der Waals surface area contributed by atoms with Crippen molar-refractivity contribution in [1.82, 2.24) is 0 Å². The summed E-state index contributed by atoms with van der Waals surface area (Å²) >= 11 is 0. The Bertz CT molecular complexity index is 655. The number of nitriles is 1. The molecule has 1 aromatic carbocycles. The number of esters is 1. The minimum Gasteiger partial charge on any atom is -0.469 e. The summed E-state index contributed by atoms with van der Waals surface area (Å²) in [6.07, 6.45) is 1.91. The van der Waals surface area contributed by atoms with Crippen molar-refractivity contribution in [2.45, 2.75) is 25.7 Å². The molecule has 0 radical (unpaired) electrons. The molecule has 1 heterocycles. The zero-order chi connectivity index (χ0) is 15.3. The van der Waals surface area contributed by atoms with Crippen LogP contribution in [0.5, 0.6) is 0 Å². The van der Waals surface area contributed by atoms with Gasteiger partial charge in [-0.3, -0.25) is 4.79 Å². The Morgan fingerprint density at radius 2 is 2.10 bits per heavy atom. The molecular formula is C17H17NO3. The first kappa shape index (κ1) is 14.9. The van der Waals surface area contributed by atoms with Gasteiger partial charge in [0.25, 0.3) is 0 Å². The Hall–Kier alpha value is -2.54. The van der Waals surface area contributed by atoms with Crippen LogP contribution >= 0.6 is 0 Å². The summed E-state index contributed by atoms with van der Waals surface area (Å²) in [6.45, 7) is 3.84. The number of rotatable bonds is 5. The molecule has 0 aliphatic heterocycles. The fourth-order valence-electron chi connectivity index (χ4n) is 2.39. The molecule has 2 rings (SSSR count). The van der Waals surface area contributed by atoms with E-state index >= 15 is 0 Å². The number of ether oxygens (including phenoxy) is 1. The first-order chi connectivity index (χ1) is 10.1. The molecule has 0 saturated heterocycles. The molecule has 108 valence electrons. The number of nitrogens with zero attached hydrogens (tertiary/aromatic N) is 1. The van der Waals surface area contributed by atoms with Gasteiger partial charge in [-0.2, -0.15) is 5.26 Å². The summed E-state index contributed by atoms with van der Waals surface area (Å²) in [4.78, 5) is 12.5. The SMILES string of the molecule is CCOC(=O)C(C)(Cc1ccco1)c1ccccc1C#N. The molecule has 0 aliphatic rings. The second-order valence-corrected chi connectivity index (χ2v) is 4.97. The number of carbonyl (C=O) groups excluding carboxylic acids is 1. The van der Waals surface area contributed by atoms with Crippen molar-refractivity contribution in [2.24, 2.45) is 0 Å². The molecule has 0 fully saturated rings. The first-order valence-corrected chi connectivity index (χ1v) is 6.81. The van der Waals surface area contributed by atoms with Crippen LogP contribution in [0.25, 0.3) is 0 Å². The van der Waals surface area contributed by atoms with Gasteiger partial charge in [0.2, 0.25) is 0 Å². The predicted molar refractivity (Wildman–Crippen MR) is 77.6 cm³/mol. The van der Waals surface area contributed by atoms with Gasteiger partial charge in [0.15, 0.2) is 0 Å². The van der Waals surface area contributed by atoms with Gasteiger partial charge in [-0.05, 0) is 37.6 Å². The smallest absolute Gasteiger partial charge is 0.316 e. The number of furan rings is 1. The Balaban J connectivity index is 2.49. The van der Waals surface area contributed by atoms with Crippen molar-refractivity contribution < 1.29 is 13.9 Å². The van der Waals surface area contributed by atoms with Crippen LogP contribution in [0.1, 0.15) is 30.7 Å². The maximum Gasteiger partial charge on any atom is 0.316 e. The van der Waals surface area contributed by atoms with Gasteiger partial charge >= 0.3 is 5.97 Å². The van der Waals surface area contributed by atoms with Crippen LogP contribution in [0.3, 0.4) is 0 Å². The number of hydrogen-bond acceptors (Lipinski definition) is 4. The number of benzene rings is 1. The van der Waals surface area contributed by atoms with Crippen molar-refractivity contribution in [3.63, 3.8) is 0 Å².